The van der Waals surface area contributed by atoms with E-state index < -0.39 is 0 Å². The van der Waals surface area contributed by atoms with E-state index in [1.807, 2.05) is 13.8 Å². The van der Waals surface area contributed by atoms with Crippen molar-refractivity contribution >= 4 is 5.78 Å². The molecular weight excluding hydrogens is 188 g/mol. The van der Waals surface area contributed by atoms with E-state index in [0.29, 0.717) is 12.3 Å². The number of carbonyl (C=O) groups is 1. The van der Waals surface area contributed by atoms with E-state index in [1.54, 1.807) is 6.08 Å². The van der Waals surface area contributed by atoms with Crippen molar-refractivity contribution in [3.05, 3.63) is 11.6 Å². The van der Waals surface area contributed by atoms with E-state index in [1.165, 1.54) is 5.57 Å². The van der Waals surface area contributed by atoms with E-state index in [2.05, 4.69) is 13.8 Å². The smallest absolute Gasteiger partial charge is 0.156 e. The average molecular weight is 210 g/mol. The predicted octanol–water partition coefficient (Wildman–Crippen LogP) is 2.71. The number of aliphatic hydroxyl groups is 1. The van der Waals surface area contributed by atoms with Crippen LogP contribution in [0.25, 0.3) is 0 Å². The molecule has 0 amide bonds. The molecule has 1 aliphatic rings. The van der Waals surface area contributed by atoms with E-state index >= 15 is 0 Å². The van der Waals surface area contributed by atoms with Gasteiger partial charge in [-0.25, -0.2) is 0 Å². The van der Waals surface area contributed by atoms with Crippen LogP contribution < -0.4 is 0 Å². The Hall–Kier alpha value is -0.630. The lowest BCUT2D eigenvalue weighted by molar-refractivity contribution is -0.117. The summed E-state index contributed by atoms with van der Waals surface area (Å²) < 4.78 is 0. The average Bonchev–Trinajstić information content (AvgIpc) is 1.98. The van der Waals surface area contributed by atoms with Crippen molar-refractivity contribution in [1.29, 1.82) is 0 Å². The highest BCUT2D eigenvalue weighted by Crippen LogP contribution is 2.42. The Bertz CT molecular complexity index is 274. The van der Waals surface area contributed by atoms with Crippen LogP contribution in [0.5, 0.6) is 0 Å². The van der Waals surface area contributed by atoms with Gasteiger partial charge >= 0.3 is 0 Å². The third-order valence-corrected chi connectivity index (χ3v) is 3.38. The fraction of sp³-hybridized carbons (Fsp3) is 0.769. The van der Waals surface area contributed by atoms with Gasteiger partial charge in [-0.2, -0.15) is 0 Å². The summed E-state index contributed by atoms with van der Waals surface area (Å²) in [5.41, 5.74) is 1.22. The molecule has 15 heavy (non-hydrogen) atoms. The van der Waals surface area contributed by atoms with Gasteiger partial charge in [-0.05, 0) is 44.1 Å². The molecule has 0 spiro atoms. The second-order valence-corrected chi connectivity index (χ2v) is 5.50. The molecular formula is C13H22O2. The van der Waals surface area contributed by atoms with Crippen molar-refractivity contribution in [3.63, 3.8) is 0 Å². The summed E-state index contributed by atoms with van der Waals surface area (Å²) in [6, 6.07) is 0. The standard InChI is InChI=1S/C13H22O2/c1-9-7-11(15)8-13(3,4)12(9)6-5-10(2)14/h7,10,12,14H,5-6,8H2,1-4H3/t10-,12+/m1/s1. The molecule has 1 N–H and O–H groups in total. The number of hydrogen-bond donors (Lipinski definition) is 1. The summed E-state index contributed by atoms with van der Waals surface area (Å²) in [7, 11) is 0. The molecule has 0 unspecified atom stereocenters. The molecule has 0 saturated carbocycles. The molecule has 0 radical (unpaired) electrons. The summed E-state index contributed by atoms with van der Waals surface area (Å²) >= 11 is 0. The summed E-state index contributed by atoms with van der Waals surface area (Å²) in [5.74, 6) is 0.676. The topological polar surface area (TPSA) is 37.3 Å². The molecule has 0 aromatic rings. The molecule has 0 aliphatic heterocycles. The van der Waals surface area contributed by atoms with Crippen molar-refractivity contribution in [1.82, 2.24) is 0 Å². The number of carbonyl (C=O) groups excluding carboxylic acids is 1. The first-order valence-corrected chi connectivity index (χ1v) is 5.72. The molecule has 0 bridgehead atoms. The van der Waals surface area contributed by atoms with Gasteiger partial charge in [0.1, 0.15) is 0 Å². The number of aliphatic hydroxyl groups excluding tert-OH is 1. The maximum Gasteiger partial charge on any atom is 0.156 e. The monoisotopic (exact) mass is 210 g/mol. The molecule has 2 nitrogen and oxygen atoms in total. The summed E-state index contributed by atoms with van der Waals surface area (Å²) in [6.07, 6.45) is 3.95. The molecule has 2 atom stereocenters. The Balaban J connectivity index is 2.75. The van der Waals surface area contributed by atoms with Crippen LogP contribution in [0.4, 0.5) is 0 Å². The minimum absolute atomic E-state index is 0.0464. The zero-order valence-electron chi connectivity index (χ0n) is 10.2. The molecule has 86 valence electrons. The first kappa shape index (κ1) is 12.4. The first-order chi connectivity index (χ1) is 6.83. The van der Waals surface area contributed by atoms with E-state index in [-0.39, 0.29) is 17.3 Å². The van der Waals surface area contributed by atoms with Crippen molar-refractivity contribution in [3.8, 4) is 0 Å². The minimum Gasteiger partial charge on any atom is -0.393 e. The van der Waals surface area contributed by atoms with Gasteiger partial charge in [-0.1, -0.05) is 19.4 Å². The zero-order valence-corrected chi connectivity index (χ0v) is 10.2. The quantitative estimate of drug-likeness (QED) is 0.777. The largest absolute Gasteiger partial charge is 0.393 e. The van der Waals surface area contributed by atoms with Crippen LogP contribution in [0.3, 0.4) is 0 Å². The molecule has 2 heteroatoms. The lowest BCUT2D eigenvalue weighted by Gasteiger charge is -2.38. The maximum atomic E-state index is 11.4. The number of hydrogen-bond acceptors (Lipinski definition) is 2. The van der Waals surface area contributed by atoms with Gasteiger partial charge in [0, 0.05) is 6.42 Å². The lowest BCUT2D eigenvalue weighted by Crippen LogP contribution is -2.32. The Morgan fingerprint density at radius 3 is 2.67 bits per heavy atom. The van der Waals surface area contributed by atoms with E-state index in [4.69, 9.17) is 0 Å². The Morgan fingerprint density at radius 1 is 1.60 bits per heavy atom. The summed E-state index contributed by atoms with van der Waals surface area (Å²) in [6.45, 7) is 8.15. The maximum absolute atomic E-state index is 11.4. The van der Waals surface area contributed by atoms with Gasteiger partial charge in [0.05, 0.1) is 6.10 Å². The van der Waals surface area contributed by atoms with E-state index in [9.17, 15) is 9.90 Å². The van der Waals surface area contributed by atoms with E-state index in [0.717, 1.165) is 12.8 Å². The van der Waals surface area contributed by atoms with Crippen molar-refractivity contribution < 1.29 is 9.90 Å². The molecule has 1 aliphatic carbocycles. The highest BCUT2D eigenvalue weighted by atomic mass is 16.3. The van der Waals surface area contributed by atoms with Gasteiger partial charge in [0.25, 0.3) is 0 Å². The second kappa shape index (κ2) is 4.48. The second-order valence-electron chi connectivity index (χ2n) is 5.50. The first-order valence-electron chi connectivity index (χ1n) is 5.72. The van der Waals surface area contributed by atoms with Gasteiger partial charge in [0.15, 0.2) is 5.78 Å². The Kier molecular flexibility index (Phi) is 3.72. The van der Waals surface area contributed by atoms with Gasteiger partial charge in [-0.15, -0.1) is 0 Å². The van der Waals surface area contributed by atoms with Crippen LogP contribution in [-0.4, -0.2) is 17.0 Å². The molecule has 1 rings (SSSR count). The number of allylic oxidation sites excluding steroid dienone is 2. The van der Waals surface area contributed by atoms with Crippen molar-refractivity contribution in [2.75, 3.05) is 0 Å². The SMILES string of the molecule is CC1=CC(=O)CC(C)(C)[C@H]1CC[C@@H](C)O. The highest BCUT2D eigenvalue weighted by molar-refractivity contribution is 5.91. The molecule has 0 heterocycles. The van der Waals surface area contributed by atoms with Crippen molar-refractivity contribution in [2.45, 2.75) is 53.1 Å². The van der Waals surface area contributed by atoms with Gasteiger partial charge < -0.3 is 5.11 Å². The lowest BCUT2D eigenvalue weighted by atomic mass is 9.66. The third-order valence-electron chi connectivity index (χ3n) is 3.38. The minimum atomic E-state index is -0.244. The third kappa shape index (κ3) is 3.16. The number of ketones is 1. The summed E-state index contributed by atoms with van der Waals surface area (Å²) in [5, 5.41) is 9.31. The summed E-state index contributed by atoms with van der Waals surface area (Å²) in [4.78, 5) is 11.4. The van der Waals surface area contributed by atoms with Crippen LogP contribution in [0, 0.1) is 11.3 Å². The normalized spacial score (nSPS) is 27.4. The van der Waals surface area contributed by atoms with Crippen molar-refractivity contribution in [2.24, 2.45) is 11.3 Å². The number of rotatable bonds is 3. The van der Waals surface area contributed by atoms with Crippen LogP contribution in [-0.2, 0) is 4.79 Å². The van der Waals surface area contributed by atoms with Gasteiger partial charge in [-0.3, -0.25) is 4.79 Å². The van der Waals surface area contributed by atoms with Gasteiger partial charge in [0.2, 0.25) is 0 Å². The fourth-order valence-corrected chi connectivity index (χ4v) is 2.62. The van der Waals surface area contributed by atoms with Crippen LogP contribution >= 0.6 is 0 Å². The Morgan fingerprint density at radius 2 is 2.20 bits per heavy atom. The zero-order chi connectivity index (χ0) is 11.6. The predicted molar refractivity (Wildman–Crippen MR) is 61.6 cm³/mol. The van der Waals surface area contributed by atoms with Crippen LogP contribution in [0.2, 0.25) is 0 Å². The van der Waals surface area contributed by atoms with Crippen LogP contribution in [0.1, 0.15) is 47.0 Å². The molecule has 0 fully saturated rings. The highest BCUT2D eigenvalue weighted by Gasteiger charge is 2.35. The molecule has 0 saturated heterocycles. The molecule has 0 aromatic carbocycles. The molecule has 0 aromatic heterocycles. The van der Waals surface area contributed by atoms with Crippen LogP contribution in [0.15, 0.2) is 11.6 Å². The fourth-order valence-electron chi connectivity index (χ4n) is 2.62. The Labute approximate surface area is 92.4 Å².